The van der Waals surface area contributed by atoms with Crippen molar-refractivity contribution in [2.75, 3.05) is 13.1 Å². The van der Waals surface area contributed by atoms with Crippen molar-refractivity contribution in [2.24, 2.45) is 0 Å². The summed E-state index contributed by atoms with van der Waals surface area (Å²) in [7, 11) is 0. The minimum Gasteiger partial charge on any atom is -0.356 e. The molecule has 2 nitrogen and oxygen atoms in total. The quantitative estimate of drug-likeness (QED) is 0.525. The normalized spacial score (nSPS) is 18.9. The minimum absolute atomic E-state index is 0.574. The van der Waals surface area contributed by atoms with Gasteiger partial charge in [0.2, 0.25) is 0 Å². The van der Waals surface area contributed by atoms with Crippen LogP contribution in [0.3, 0.4) is 0 Å². The van der Waals surface area contributed by atoms with Gasteiger partial charge in [-0.25, -0.2) is 0 Å². The van der Waals surface area contributed by atoms with Gasteiger partial charge in [0.05, 0.1) is 6.17 Å². The van der Waals surface area contributed by atoms with Crippen molar-refractivity contribution in [3.8, 4) is 0 Å². The number of hydrogen-bond acceptors (Lipinski definition) is 2. The van der Waals surface area contributed by atoms with E-state index in [1.54, 1.807) is 0 Å². The second-order valence-electron chi connectivity index (χ2n) is 5.53. The van der Waals surface area contributed by atoms with E-state index in [0.717, 1.165) is 0 Å². The van der Waals surface area contributed by atoms with E-state index in [9.17, 15) is 0 Å². The van der Waals surface area contributed by atoms with Gasteiger partial charge in [-0.05, 0) is 19.8 Å². The smallest absolute Gasteiger partial charge is 0.0977 e. The van der Waals surface area contributed by atoms with Gasteiger partial charge in [0.15, 0.2) is 0 Å². The Hall–Kier alpha value is -0.660. The second-order valence-corrected chi connectivity index (χ2v) is 5.53. The van der Waals surface area contributed by atoms with Gasteiger partial charge < -0.3 is 9.80 Å². The first-order chi connectivity index (χ1) is 8.79. The summed E-state index contributed by atoms with van der Waals surface area (Å²) in [5.41, 5.74) is 0. The van der Waals surface area contributed by atoms with Crippen molar-refractivity contribution < 1.29 is 0 Å². The molecule has 1 rings (SSSR count). The molecular formula is C16H32N2. The largest absolute Gasteiger partial charge is 0.356 e. The second kappa shape index (κ2) is 9.29. The van der Waals surface area contributed by atoms with E-state index >= 15 is 0 Å². The molecule has 0 radical (unpaired) electrons. The molecule has 0 amide bonds. The average molecular weight is 252 g/mol. The molecule has 0 bridgehead atoms. The van der Waals surface area contributed by atoms with Gasteiger partial charge in [-0.1, -0.05) is 52.4 Å². The highest BCUT2D eigenvalue weighted by Crippen LogP contribution is 2.17. The molecule has 0 saturated heterocycles. The first-order valence-corrected chi connectivity index (χ1v) is 7.99. The standard InChI is InChI=1S/C16H32N2/c1-4-6-7-8-9-10-11-13-18-15-14-17(12-5-2)16(18)3/h14-16H,4-13H2,1-3H3. The topological polar surface area (TPSA) is 6.48 Å². The fraction of sp³-hybridized carbons (Fsp3) is 0.875. The molecule has 1 atom stereocenters. The third-order valence-electron chi connectivity index (χ3n) is 3.91. The van der Waals surface area contributed by atoms with Gasteiger partial charge >= 0.3 is 0 Å². The van der Waals surface area contributed by atoms with Crippen molar-refractivity contribution in [3.05, 3.63) is 12.4 Å². The molecule has 0 saturated carbocycles. The van der Waals surface area contributed by atoms with Crippen molar-refractivity contribution in [2.45, 2.75) is 78.3 Å². The maximum absolute atomic E-state index is 2.49. The summed E-state index contributed by atoms with van der Waals surface area (Å²) in [6.45, 7) is 9.26. The van der Waals surface area contributed by atoms with Crippen molar-refractivity contribution >= 4 is 0 Å². The van der Waals surface area contributed by atoms with Crippen LogP contribution < -0.4 is 0 Å². The van der Waals surface area contributed by atoms with Crippen LogP contribution in [-0.4, -0.2) is 29.1 Å². The predicted octanol–water partition coefficient (Wildman–Crippen LogP) is 4.58. The summed E-state index contributed by atoms with van der Waals surface area (Å²) in [6, 6.07) is 0. The Morgan fingerprint density at radius 3 is 1.89 bits per heavy atom. The Balaban J connectivity index is 2.01. The maximum Gasteiger partial charge on any atom is 0.0977 e. The lowest BCUT2D eigenvalue weighted by atomic mass is 10.1. The van der Waals surface area contributed by atoms with Gasteiger partial charge in [-0.2, -0.15) is 0 Å². The van der Waals surface area contributed by atoms with Crippen molar-refractivity contribution in [1.82, 2.24) is 9.80 Å². The molecule has 106 valence electrons. The van der Waals surface area contributed by atoms with Crippen LogP contribution >= 0.6 is 0 Å². The summed E-state index contributed by atoms with van der Waals surface area (Å²) in [5.74, 6) is 0. The SMILES string of the molecule is CCCCCCCCCN1C=CN(CCC)C1C. The number of unbranched alkanes of at least 4 members (excludes halogenated alkanes) is 6. The zero-order valence-corrected chi connectivity index (χ0v) is 12.7. The average Bonchev–Trinajstić information content (AvgIpc) is 2.71. The first kappa shape index (κ1) is 15.4. The van der Waals surface area contributed by atoms with Crippen LogP contribution in [0.1, 0.15) is 72.1 Å². The van der Waals surface area contributed by atoms with E-state index in [2.05, 4.69) is 43.0 Å². The Kier molecular flexibility index (Phi) is 7.95. The monoisotopic (exact) mass is 252 g/mol. The molecule has 0 aliphatic carbocycles. The lowest BCUT2D eigenvalue weighted by Gasteiger charge is -2.29. The van der Waals surface area contributed by atoms with Crippen LogP contribution in [0.25, 0.3) is 0 Å². The van der Waals surface area contributed by atoms with Crippen molar-refractivity contribution in [3.63, 3.8) is 0 Å². The fourth-order valence-electron chi connectivity index (χ4n) is 2.64. The molecule has 1 heterocycles. The highest BCUT2D eigenvalue weighted by Gasteiger charge is 2.19. The van der Waals surface area contributed by atoms with Gasteiger partial charge in [0, 0.05) is 25.5 Å². The molecule has 2 heteroatoms. The molecule has 0 fully saturated rings. The number of rotatable bonds is 10. The molecule has 18 heavy (non-hydrogen) atoms. The Bertz CT molecular complexity index is 225. The summed E-state index contributed by atoms with van der Waals surface area (Å²) in [6.07, 6.45) is 16.1. The molecule has 0 spiro atoms. The molecule has 0 N–H and O–H groups in total. The third-order valence-corrected chi connectivity index (χ3v) is 3.91. The molecule has 1 aliphatic rings. The molecule has 1 aliphatic heterocycles. The summed E-state index contributed by atoms with van der Waals surface area (Å²) in [5, 5.41) is 0. The van der Waals surface area contributed by atoms with Gasteiger partial charge in [-0.15, -0.1) is 0 Å². The molecule has 0 aromatic carbocycles. The summed E-state index contributed by atoms with van der Waals surface area (Å²) in [4.78, 5) is 4.93. The summed E-state index contributed by atoms with van der Waals surface area (Å²) >= 11 is 0. The highest BCUT2D eigenvalue weighted by atomic mass is 15.4. The van der Waals surface area contributed by atoms with Gasteiger partial charge in [-0.3, -0.25) is 0 Å². The number of hydrogen-bond donors (Lipinski definition) is 0. The van der Waals surface area contributed by atoms with E-state index in [4.69, 9.17) is 0 Å². The van der Waals surface area contributed by atoms with Gasteiger partial charge in [0.1, 0.15) is 0 Å². The van der Waals surface area contributed by atoms with Crippen LogP contribution in [0.4, 0.5) is 0 Å². The highest BCUT2D eigenvalue weighted by molar-refractivity contribution is 4.94. The number of nitrogens with zero attached hydrogens (tertiary/aromatic N) is 2. The predicted molar refractivity (Wildman–Crippen MR) is 80.3 cm³/mol. The van der Waals surface area contributed by atoms with E-state index in [-0.39, 0.29) is 0 Å². The van der Waals surface area contributed by atoms with E-state index in [1.807, 2.05) is 0 Å². The van der Waals surface area contributed by atoms with Crippen LogP contribution in [0, 0.1) is 0 Å². The van der Waals surface area contributed by atoms with Crippen LogP contribution in [0.5, 0.6) is 0 Å². The Morgan fingerprint density at radius 1 is 0.722 bits per heavy atom. The van der Waals surface area contributed by atoms with Crippen LogP contribution in [0.2, 0.25) is 0 Å². The van der Waals surface area contributed by atoms with Crippen molar-refractivity contribution in [1.29, 1.82) is 0 Å². The lowest BCUT2D eigenvalue weighted by Crippen LogP contribution is -2.36. The molecule has 0 aromatic heterocycles. The third kappa shape index (κ3) is 5.32. The lowest BCUT2D eigenvalue weighted by molar-refractivity contribution is 0.168. The fourth-order valence-corrected chi connectivity index (χ4v) is 2.64. The van der Waals surface area contributed by atoms with E-state index in [0.29, 0.717) is 6.17 Å². The first-order valence-electron chi connectivity index (χ1n) is 7.99. The van der Waals surface area contributed by atoms with Crippen LogP contribution in [-0.2, 0) is 0 Å². The molecule has 0 aromatic rings. The van der Waals surface area contributed by atoms with Crippen LogP contribution in [0.15, 0.2) is 12.4 Å². The summed E-state index contributed by atoms with van der Waals surface area (Å²) < 4.78 is 0. The van der Waals surface area contributed by atoms with E-state index < -0.39 is 0 Å². The zero-order chi connectivity index (χ0) is 13.2. The Morgan fingerprint density at radius 2 is 1.28 bits per heavy atom. The maximum atomic E-state index is 2.49. The minimum atomic E-state index is 0.574. The molecular weight excluding hydrogens is 220 g/mol. The zero-order valence-electron chi connectivity index (χ0n) is 12.7. The van der Waals surface area contributed by atoms with E-state index in [1.165, 1.54) is 64.5 Å². The van der Waals surface area contributed by atoms with Gasteiger partial charge in [0.25, 0.3) is 0 Å². The Labute approximate surface area is 114 Å². The molecule has 1 unspecified atom stereocenters.